The number of nitrogens with zero attached hydrogens (tertiary/aromatic N) is 3. The lowest BCUT2D eigenvalue weighted by Crippen LogP contribution is -2.12. The molecule has 2 aliphatic rings. The molecule has 1 aromatic heterocycles. The standard InChI is InChI=1S/C19H17N3/c1-2-10-16(11-3-1)18-19(17-12-6-7-13-17)22(21-20-18)14-15-8-4-5-9-15/h1-13,15,17H,14H2. The van der Waals surface area contributed by atoms with Crippen LogP contribution < -0.4 is 0 Å². The van der Waals surface area contributed by atoms with Gasteiger partial charge in [-0.25, -0.2) is 4.68 Å². The van der Waals surface area contributed by atoms with Crippen LogP contribution in [0.2, 0.25) is 0 Å². The fourth-order valence-electron chi connectivity index (χ4n) is 3.00. The first-order chi connectivity index (χ1) is 10.9. The number of allylic oxidation sites excluding steroid dienone is 8. The number of rotatable bonds is 4. The normalized spacial score (nSPS) is 17.1. The average Bonchev–Trinajstić information content (AvgIpc) is 3.30. The molecule has 0 unspecified atom stereocenters. The van der Waals surface area contributed by atoms with Crippen molar-refractivity contribution in [3.63, 3.8) is 0 Å². The summed E-state index contributed by atoms with van der Waals surface area (Å²) in [6.45, 7) is 0.834. The van der Waals surface area contributed by atoms with E-state index in [9.17, 15) is 0 Å². The van der Waals surface area contributed by atoms with Crippen molar-refractivity contribution in [3.8, 4) is 11.3 Å². The Balaban J connectivity index is 1.76. The van der Waals surface area contributed by atoms with Crippen LogP contribution in [0.4, 0.5) is 0 Å². The molecule has 0 amide bonds. The lowest BCUT2D eigenvalue weighted by atomic mass is 10.0. The summed E-state index contributed by atoms with van der Waals surface area (Å²) in [5.41, 5.74) is 3.27. The van der Waals surface area contributed by atoms with Gasteiger partial charge in [-0.2, -0.15) is 0 Å². The predicted molar refractivity (Wildman–Crippen MR) is 88.2 cm³/mol. The molecule has 1 aromatic carbocycles. The molecular weight excluding hydrogens is 270 g/mol. The highest BCUT2D eigenvalue weighted by Gasteiger charge is 2.22. The van der Waals surface area contributed by atoms with E-state index in [1.54, 1.807) is 0 Å². The molecule has 1 heterocycles. The van der Waals surface area contributed by atoms with Crippen molar-refractivity contribution in [2.45, 2.75) is 12.5 Å². The third-order valence-corrected chi connectivity index (χ3v) is 4.10. The quantitative estimate of drug-likeness (QED) is 0.854. The van der Waals surface area contributed by atoms with E-state index in [1.165, 1.54) is 5.69 Å². The Kier molecular flexibility index (Phi) is 3.31. The van der Waals surface area contributed by atoms with Crippen molar-refractivity contribution in [1.29, 1.82) is 0 Å². The lowest BCUT2D eigenvalue weighted by Gasteiger charge is -2.13. The Bertz CT molecular complexity index is 754. The Morgan fingerprint density at radius 1 is 0.864 bits per heavy atom. The summed E-state index contributed by atoms with van der Waals surface area (Å²) in [7, 11) is 0. The van der Waals surface area contributed by atoms with E-state index in [0.717, 1.165) is 17.8 Å². The van der Waals surface area contributed by atoms with Crippen molar-refractivity contribution < 1.29 is 0 Å². The van der Waals surface area contributed by atoms with Crippen molar-refractivity contribution in [1.82, 2.24) is 15.0 Å². The van der Waals surface area contributed by atoms with Crippen LogP contribution >= 0.6 is 0 Å². The summed E-state index contributed by atoms with van der Waals surface area (Å²) in [6, 6.07) is 10.3. The summed E-state index contributed by atoms with van der Waals surface area (Å²) < 4.78 is 2.05. The van der Waals surface area contributed by atoms with Crippen LogP contribution in [0.1, 0.15) is 11.6 Å². The van der Waals surface area contributed by atoms with Gasteiger partial charge in [-0.15, -0.1) is 5.10 Å². The zero-order chi connectivity index (χ0) is 14.8. The minimum absolute atomic E-state index is 0.250. The van der Waals surface area contributed by atoms with Gasteiger partial charge >= 0.3 is 0 Å². The van der Waals surface area contributed by atoms with Gasteiger partial charge in [-0.1, -0.05) is 84.2 Å². The number of hydrogen-bond acceptors (Lipinski definition) is 2. The van der Waals surface area contributed by atoms with Crippen LogP contribution in [-0.4, -0.2) is 15.0 Å². The molecule has 4 rings (SSSR count). The molecule has 2 aromatic rings. The van der Waals surface area contributed by atoms with E-state index in [1.807, 2.05) is 18.2 Å². The molecule has 3 heteroatoms. The van der Waals surface area contributed by atoms with Gasteiger partial charge in [-0.05, 0) is 0 Å². The number of benzene rings is 1. The molecular formula is C19H17N3. The van der Waals surface area contributed by atoms with E-state index < -0.39 is 0 Å². The van der Waals surface area contributed by atoms with E-state index in [0.29, 0.717) is 5.92 Å². The number of hydrogen-bond donors (Lipinski definition) is 0. The summed E-state index contributed by atoms with van der Waals surface area (Å²) in [4.78, 5) is 0. The topological polar surface area (TPSA) is 30.7 Å². The highest BCUT2D eigenvalue weighted by atomic mass is 15.4. The van der Waals surface area contributed by atoms with Crippen molar-refractivity contribution in [2.75, 3.05) is 0 Å². The molecule has 0 N–H and O–H groups in total. The fourth-order valence-corrected chi connectivity index (χ4v) is 3.00. The van der Waals surface area contributed by atoms with Crippen LogP contribution in [0, 0.1) is 5.92 Å². The Morgan fingerprint density at radius 2 is 1.55 bits per heavy atom. The zero-order valence-electron chi connectivity index (χ0n) is 12.2. The summed E-state index contributed by atoms with van der Waals surface area (Å²) in [5.74, 6) is 0.651. The van der Waals surface area contributed by atoms with E-state index in [2.05, 4.69) is 75.7 Å². The second kappa shape index (κ2) is 5.60. The Hall–Kier alpha value is -2.68. The maximum absolute atomic E-state index is 4.47. The smallest absolute Gasteiger partial charge is 0.117 e. The molecule has 0 fully saturated rings. The van der Waals surface area contributed by atoms with Gasteiger partial charge in [0.15, 0.2) is 0 Å². The van der Waals surface area contributed by atoms with Crippen LogP contribution in [0.3, 0.4) is 0 Å². The van der Waals surface area contributed by atoms with Gasteiger partial charge in [0.05, 0.1) is 12.2 Å². The van der Waals surface area contributed by atoms with Gasteiger partial charge in [0.25, 0.3) is 0 Å². The Morgan fingerprint density at radius 3 is 2.27 bits per heavy atom. The maximum Gasteiger partial charge on any atom is 0.117 e. The van der Waals surface area contributed by atoms with E-state index in [-0.39, 0.29) is 5.92 Å². The molecule has 0 bridgehead atoms. The van der Waals surface area contributed by atoms with Gasteiger partial charge in [0.2, 0.25) is 0 Å². The van der Waals surface area contributed by atoms with E-state index in [4.69, 9.17) is 0 Å². The summed E-state index contributed by atoms with van der Waals surface area (Å²) >= 11 is 0. The second-order valence-electron chi connectivity index (χ2n) is 5.60. The monoisotopic (exact) mass is 287 g/mol. The van der Waals surface area contributed by atoms with Crippen molar-refractivity contribution in [2.24, 2.45) is 5.92 Å². The average molecular weight is 287 g/mol. The molecule has 2 aliphatic carbocycles. The van der Waals surface area contributed by atoms with Gasteiger partial charge in [0, 0.05) is 17.4 Å². The van der Waals surface area contributed by atoms with Crippen LogP contribution in [0.5, 0.6) is 0 Å². The number of aromatic nitrogens is 3. The van der Waals surface area contributed by atoms with Crippen LogP contribution in [-0.2, 0) is 6.54 Å². The molecule has 0 spiro atoms. The highest BCUT2D eigenvalue weighted by Crippen LogP contribution is 2.31. The predicted octanol–water partition coefficient (Wildman–Crippen LogP) is 3.90. The highest BCUT2D eigenvalue weighted by molar-refractivity contribution is 5.63. The molecule has 22 heavy (non-hydrogen) atoms. The minimum Gasteiger partial charge on any atom is -0.247 e. The summed E-state index contributed by atoms with van der Waals surface area (Å²) in [6.07, 6.45) is 17.2. The van der Waals surface area contributed by atoms with Crippen molar-refractivity contribution in [3.05, 3.63) is 84.6 Å². The first-order valence-electron chi connectivity index (χ1n) is 7.60. The molecule has 0 radical (unpaired) electrons. The largest absolute Gasteiger partial charge is 0.247 e. The third-order valence-electron chi connectivity index (χ3n) is 4.10. The minimum atomic E-state index is 0.250. The second-order valence-corrected chi connectivity index (χ2v) is 5.60. The maximum atomic E-state index is 4.47. The van der Waals surface area contributed by atoms with Gasteiger partial charge < -0.3 is 0 Å². The molecule has 0 saturated carbocycles. The molecule has 3 nitrogen and oxygen atoms in total. The third kappa shape index (κ3) is 2.35. The fraction of sp³-hybridized carbons (Fsp3) is 0.158. The van der Waals surface area contributed by atoms with E-state index >= 15 is 0 Å². The molecule has 0 atom stereocenters. The SMILES string of the molecule is C1=CC(Cn2nnc(-c3ccccc3)c2C2C=CC=C2)C=C1. The van der Waals surface area contributed by atoms with Crippen molar-refractivity contribution >= 4 is 0 Å². The zero-order valence-corrected chi connectivity index (χ0v) is 12.2. The van der Waals surface area contributed by atoms with Gasteiger partial charge in [-0.3, -0.25) is 0 Å². The van der Waals surface area contributed by atoms with Crippen LogP contribution in [0.25, 0.3) is 11.3 Å². The molecule has 0 saturated heterocycles. The Labute approximate surface area is 130 Å². The molecule has 108 valence electrons. The first-order valence-corrected chi connectivity index (χ1v) is 7.60. The molecule has 0 aliphatic heterocycles. The van der Waals surface area contributed by atoms with Gasteiger partial charge in [0.1, 0.15) is 5.69 Å². The summed E-state index contributed by atoms with van der Waals surface area (Å²) in [5, 5.41) is 8.90. The lowest BCUT2D eigenvalue weighted by molar-refractivity contribution is 0.519. The van der Waals surface area contributed by atoms with Crippen LogP contribution in [0.15, 0.2) is 78.9 Å². The first kappa shape index (κ1) is 13.0.